The summed E-state index contributed by atoms with van der Waals surface area (Å²) in [5.41, 5.74) is 1.35. The quantitative estimate of drug-likeness (QED) is 0.655. The summed E-state index contributed by atoms with van der Waals surface area (Å²) >= 11 is 12.7. The Labute approximate surface area is 172 Å². The number of benzene rings is 1. The molecule has 2 aliphatic rings. The molecule has 28 heavy (non-hydrogen) atoms. The van der Waals surface area contributed by atoms with E-state index in [9.17, 15) is 13.2 Å². The molecule has 0 saturated heterocycles. The summed E-state index contributed by atoms with van der Waals surface area (Å²) in [6, 6.07) is 4.57. The molecule has 0 N–H and O–H groups in total. The van der Waals surface area contributed by atoms with Gasteiger partial charge in [-0.1, -0.05) is 29.6 Å². The van der Waals surface area contributed by atoms with E-state index < -0.39 is 21.0 Å². The first-order valence-electron chi connectivity index (χ1n) is 8.77. The van der Waals surface area contributed by atoms with Gasteiger partial charge in [-0.05, 0) is 31.4 Å². The van der Waals surface area contributed by atoms with E-state index in [1.165, 1.54) is 6.26 Å². The average molecular weight is 442 g/mol. The van der Waals surface area contributed by atoms with Gasteiger partial charge in [0.15, 0.2) is 5.76 Å². The Morgan fingerprint density at radius 1 is 1.29 bits per heavy atom. The predicted molar refractivity (Wildman–Crippen MR) is 108 cm³/mol. The van der Waals surface area contributed by atoms with E-state index in [0.29, 0.717) is 15.7 Å². The van der Waals surface area contributed by atoms with Crippen LogP contribution in [0.5, 0.6) is 5.75 Å². The molecular formula is C19H17Cl2NO5S. The minimum Gasteiger partial charge on any atom is -0.465 e. The molecule has 0 bridgehead atoms. The fourth-order valence-electron chi connectivity index (χ4n) is 4.16. The Bertz CT molecular complexity index is 1160. The SMILES string of the molecule is CS(=O)(=O)Oc1c(C[C@@]23CCCCC2=Nc2cc(Cl)cc(Cl)c23)occc1=O. The molecule has 2 heterocycles. The van der Waals surface area contributed by atoms with Crippen molar-refractivity contribution in [2.45, 2.75) is 37.5 Å². The van der Waals surface area contributed by atoms with Gasteiger partial charge in [-0.2, -0.15) is 8.42 Å². The third-order valence-electron chi connectivity index (χ3n) is 5.19. The van der Waals surface area contributed by atoms with Crippen LogP contribution in [0.2, 0.25) is 10.0 Å². The lowest BCUT2D eigenvalue weighted by molar-refractivity contribution is 0.380. The number of hydrogen-bond donors (Lipinski definition) is 0. The number of nitrogens with zero attached hydrogens (tertiary/aromatic N) is 1. The topological polar surface area (TPSA) is 85.9 Å². The lowest BCUT2D eigenvalue weighted by Gasteiger charge is -2.36. The Morgan fingerprint density at radius 2 is 2.07 bits per heavy atom. The first-order valence-corrected chi connectivity index (χ1v) is 11.3. The highest BCUT2D eigenvalue weighted by molar-refractivity contribution is 7.86. The Kier molecular flexibility index (Phi) is 4.80. The monoisotopic (exact) mass is 441 g/mol. The fourth-order valence-corrected chi connectivity index (χ4v) is 5.30. The third-order valence-corrected chi connectivity index (χ3v) is 6.18. The lowest BCUT2D eigenvalue weighted by atomic mass is 9.66. The Hall–Kier alpha value is -1.83. The van der Waals surface area contributed by atoms with Crippen LogP contribution in [0.4, 0.5) is 5.69 Å². The van der Waals surface area contributed by atoms with Gasteiger partial charge in [0.2, 0.25) is 11.2 Å². The molecule has 1 aromatic carbocycles. The number of aliphatic imine (C=N–C) groups is 1. The minimum absolute atomic E-state index is 0.159. The second-order valence-electron chi connectivity index (χ2n) is 7.13. The van der Waals surface area contributed by atoms with Crippen molar-refractivity contribution >= 4 is 44.7 Å². The maximum Gasteiger partial charge on any atom is 0.306 e. The van der Waals surface area contributed by atoms with E-state index in [1.54, 1.807) is 12.1 Å². The molecule has 1 fully saturated rings. The molecular weight excluding hydrogens is 425 g/mol. The number of rotatable bonds is 4. The molecule has 1 aliphatic heterocycles. The van der Waals surface area contributed by atoms with E-state index in [1.807, 2.05) is 0 Å². The molecule has 0 spiro atoms. The van der Waals surface area contributed by atoms with Crippen molar-refractivity contribution in [1.82, 2.24) is 0 Å². The smallest absolute Gasteiger partial charge is 0.306 e. The Balaban J connectivity index is 1.88. The van der Waals surface area contributed by atoms with Crippen LogP contribution >= 0.6 is 23.2 Å². The van der Waals surface area contributed by atoms with Crippen molar-refractivity contribution in [2.24, 2.45) is 4.99 Å². The van der Waals surface area contributed by atoms with Gasteiger partial charge in [0.1, 0.15) is 0 Å². The largest absolute Gasteiger partial charge is 0.465 e. The van der Waals surface area contributed by atoms with Gasteiger partial charge >= 0.3 is 10.1 Å². The lowest BCUT2D eigenvalue weighted by Crippen LogP contribution is -2.39. The standard InChI is InChI=1S/C19H17Cl2NO5S/c1-28(24,25)27-18-14(23)5-7-26-15(18)10-19-6-3-2-4-16(19)22-13-9-11(20)8-12(21)17(13)19/h5,7-9H,2-4,6,10H2,1H3/t19-/m0/s1. The summed E-state index contributed by atoms with van der Waals surface area (Å²) in [5.74, 6) is -0.158. The summed E-state index contributed by atoms with van der Waals surface area (Å²) in [6.45, 7) is 0. The van der Waals surface area contributed by atoms with Crippen LogP contribution in [0, 0.1) is 0 Å². The molecule has 6 nitrogen and oxygen atoms in total. The highest BCUT2D eigenvalue weighted by Gasteiger charge is 2.47. The van der Waals surface area contributed by atoms with Gasteiger partial charge in [-0.15, -0.1) is 0 Å². The molecule has 2 aromatic rings. The molecule has 148 valence electrons. The van der Waals surface area contributed by atoms with Crippen LogP contribution in [0.3, 0.4) is 0 Å². The maximum atomic E-state index is 12.3. The van der Waals surface area contributed by atoms with Crippen molar-refractivity contribution in [2.75, 3.05) is 6.26 Å². The normalized spacial score (nSPS) is 21.0. The van der Waals surface area contributed by atoms with Crippen LogP contribution in [-0.2, 0) is 22.0 Å². The molecule has 1 saturated carbocycles. The van der Waals surface area contributed by atoms with E-state index >= 15 is 0 Å². The van der Waals surface area contributed by atoms with Gasteiger partial charge in [0.25, 0.3) is 0 Å². The second kappa shape index (κ2) is 6.90. The zero-order valence-corrected chi connectivity index (χ0v) is 17.3. The predicted octanol–water partition coefficient (Wildman–Crippen LogP) is 4.43. The van der Waals surface area contributed by atoms with E-state index in [4.69, 9.17) is 36.8 Å². The highest BCUT2D eigenvalue weighted by atomic mass is 35.5. The number of halogens is 2. The summed E-state index contributed by atoms with van der Waals surface area (Å²) in [6.07, 6.45) is 5.81. The summed E-state index contributed by atoms with van der Waals surface area (Å²) < 4.78 is 33.8. The number of fused-ring (bicyclic) bond motifs is 3. The van der Waals surface area contributed by atoms with Gasteiger partial charge in [0.05, 0.1) is 18.2 Å². The van der Waals surface area contributed by atoms with Crippen LogP contribution in [0.15, 0.2) is 38.7 Å². The van der Waals surface area contributed by atoms with E-state index in [2.05, 4.69) is 0 Å². The third kappa shape index (κ3) is 3.36. The molecule has 1 aliphatic carbocycles. The fraction of sp³-hybridized carbons (Fsp3) is 0.368. The van der Waals surface area contributed by atoms with Gasteiger partial charge < -0.3 is 8.60 Å². The minimum atomic E-state index is -3.90. The Morgan fingerprint density at radius 3 is 2.82 bits per heavy atom. The second-order valence-corrected chi connectivity index (χ2v) is 9.55. The van der Waals surface area contributed by atoms with Crippen molar-refractivity contribution in [3.8, 4) is 5.75 Å². The molecule has 9 heteroatoms. The van der Waals surface area contributed by atoms with Crippen molar-refractivity contribution < 1.29 is 17.0 Å². The van der Waals surface area contributed by atoms with Crippen molar-refractivity contribution in [1.29, 1.82) is 0 Å². The molecule has 0 amide bonds. The van der Waals surface area contributed by atoms with Gasteiger partial charge in [-0.3, -0.25) is 9.79 Å². The first kappa shape index (κ1) is 19.5. The summed E-state index contributed by atoms with van der Waals surface area (Å²) in [4.78, 5) is 17.0. The van der Waals surface area contributed by atoms with Gasteiger partial charge in [-0.25, -0.2) is 0 Å². The van der Waals surface area contributed by atoms with E-state index in [-0.39, 0.29) is 17.9 Å². The van der Waals surface area contributed by atoms with Crippen LogP contribution < -0.4 is 9.61 Å². The highest BCUT2D eigenvalue weighted by Crippen LogP contribution is 2.53. The van der Waals surface area contributed by atoms with Crippen LogP contribution in [0.1, 0.15) is 37.0 Å². The average Bonchev–Trinajstić information content (AvgIpc) is 2.90. The van der Waals surface area contributed by atoms with Crippen LogP contribution in [-0.4, -0.2) is 20.4 Å². The van der Waals surface area contributed by atoms with Crippen LogP contribution in [0.25, 0.3) is 0 Å². The molecule has 1 atom stereocenters. The zero-order valence-electron chi connectivity index (χ0n) is 15.0. The van der Waals surface area contributed by atoms with E-state index in [0.717, 1.165) is 49.3 Å². The zero-order chi connectivity index (χ0) is 20.1. The number of hydrogen-bond acceptors (Lipinski definition) is 6. The summed E-state index contributed by atoms with van der Waals surface area (Å²) in [5, 5.41) is 0.987. The molecule has 4 rings (SSSR count). The van der Waals surface area contributed by atoms with Crippen molar-refractivity contribution in [3.63, 3.8) is 0 Å². The maximum absolute atomic E-state index is 12.3. The first-order chi connectivity index (χ1) is 13.2. The molecule has 1 aromatic heterocycles. The molecule has 0 unspecified atom stereocenters. The summed E-state index contributed by atoms with van der Waals surface area (Å²) in [7, 11) is -3.90. The molecule has 0 radical (unpaired) electrons. The van der Waals surface area contributed by atoms with Gasteiger partial charge in [0, 0.05) is 39.2 Å². The van der Waals surface area contributed by atoms with Crippen molar-refractivity contribution in [3.05, 3.63) is 56.1 Å².